The van der Waals surface area contributed by atoms with Gasteiger partial charge in [-0.2, -0.15) is 0 Å². The van der Waals surface area contributed by atoms with Crippen molar-refractivity contribution in [3.8, 4) is 5.75 Å². The molecule has 1 saturated heterocycles. The van der Waals surface area contributed by atoms with E-state index in [1.807, 2.05) is 30.3 Å². The van der Waals surface area contributed by atoms with Crippen LogP contribution >= 0.6 is 0 Å². The summed E-state index contributed by atoms with van der Waals surface area (Å²) in [4.78, 5) is 13.4. The van der Waals surface area contributed by atoms with Gasteiger partial charge in [-0.05, 0) is 38.8 Å². The van der Waals surface area contributed by atoms with Crippen molar-refractivity contribution in [2.24, 2.45) is 5.92 Å². The number of piperidine rings is 1. The number of aldehydes is 1. The van der Waals surface area contributed by atoms with Gasteiger partial charge in [-0.1, -0.05) is 18.2 Å². The average Bonchev–Trinajstić information content (AvgIpc) is 2.42. The Hall–Kier alpha value is -1.35. The molecule has 0 aromatic heterocycles. The van der Waals surface area contributed by atoms with Crippen LogP contribution in [-0.2, 0) is 4.79 Å². The molecule has 19 heavy (non-hydrogen) atoms. The molecule has 1 aromatic rings. The van der Waals surface area contributed by atoms with E-state index in [-0.39, 0.29) is 5.92 Å². The molecule has 3 nitrogen and oxygen atoms in total. The van der Waals surface area contributed by atoms with E-state index < -0.39 is 0 Å². The second kappa shape index (κ2) is 6.71. The number of carbonyl (C=O) groups excluding carboxylic acids is 1. The van der Waals surface area contributed by atoms with Crippen molar-refractivity contribution < 1.29 is 9.53 Å². The molecule has 0 amide bonds. The van der Waals surface area contributed by atoms with Crippen LogP contribution in [0, 0.1) is 5.92 Å². The summed E-state index contributed by atoms with van der Waals surface area (Å²) in [7, 11) is 0. The lowest BCUT2D eigenvalue weighted by Gasteiger charge is -2.41. The predicted octanol–water partition coefficient (Wildman–Crippen LogP) is 2.75. The van der Waals surface area contributed by atoms with Gasteiger partial charge in [0.2, 0.25) is 0 Å². The van der Waals surface area contributed by atoms with Gasteiger partial charge in [-0.25, -0.2) is 0 Å². The van der Waals surface area contributed by atoms with Crippen LogP contribution < -0.4 is 4.74 Å². The molecule has 0 saturated carbocycles. The van der Waals surface area contributed by atoms with Gasteiger partial charge >= 0.3 is 0 Å². The van der Waals surface area contributed by atoms with Crippen molar-refractivity contribution in [2.75, 3.05) is 13.2 Å². The fraction of sp³-hybridized carbons (Fsp3) is 0.562. The summed E-state index contributed by atoms with van der Waals surface area (Å²) >= 11 is 0. The van der Waals surface area contributed by atoms with Crippen LogP contribution in [0.3, 0.4) is 0 Å². The molecule has 2 atom stereocenters. The van der Waals surface area contributed by atoms with Crippen LogP contribution in [0.4, 0.5) is 0 Å². The van der Waals surface area contributed by atoms with Gasteiger partial charge in [0.1, 0.15) is 18.6 Å². The number of nitrogens with zero attached hydrogens (tertiary/aromatic N) is 1. The molecular weight excluding hydrogens is 238 g/mol. The first kappa shape index (κ1) is 14.1. The monoisotopic (exact) mass is 261 g/mol. The van der Waals surface area contributed by atoms with E-state index in [0.717, 1.165) is 31.4 Å². The topological polar surface area (TPSA) is 29.5 Å². The third kappa shape index (κ3) is 3.80. The van der Waals surface area contributed by atoms with Crippen molar-refractivity contribution in [2.45, 2.75) is 38.8 Å². The smallest absolute Gasteiger partial charge is 0.123 e. The van der Waals surface area contributed by atoms with Crippen LogP contribution in [0.1, 0.15) is 26.7 Å². The van der Waals surface area contributed by atoms with E-state index in [9.17, 15) is 4.79 Å². The summed E-state index contributed by atoms with van der Waals surface area (Å²) < 4.78 is 5.75. The zero-order valence-corrected chi connectivity index (χ0v) is 11.8. The van der Waals surface area contributed by atoms with Crippen LogP contribution in [0.15, 0.2) is 30.3 Å². The standard InChI is InChI=1S/C16H23NO2/c1-13-10-15(12-18)11-14(2)17(13)8-9-19-16-6-4-3-5-7-16/h3-7,12-15H,8-11H2,1-2H3/t13-,14-/m0/s1. The largest absolute Gasteiger partial charge is 0.492 e. The molecule has 1 fully saturated rings. The second-order valence-corrected chi connectivity index (χ2v) is 5.46. The maximum Gasteiger partial charge on any atom is 0.123 e. The van der Waals surface area contributed by atoms with Gasteiger partial charge in [-0.15, -0.1) is 0 Å². The molecule has 1 aromatic carbocycles. The number of para-hydroxylation sites is 1. The molecule has 0 N–H and O–H groups in total. The number of ether oxygens (including phenoxy) is 1. The predicted molar refractivity (Wildman–Crippen MR) is 76.4 cm³/mol. The number of hydrogen-bond acceptors (Lipinski definition) is 3. The lowest BCUT2D eigenvalue weighted by atomic mass is 9.88. The zero-order chi connectivity index (χ0) is 13.7. The normalized spacial score (nSPS) is 28.0. The molecule has 104 valence electrons. The zero-order valence-electron chi connectivity index (χ0n) is 11.8. The lowest BCUT2D eigenvalue weighted by molar-refractivity contribution is -0.113. The Morgan fingerprint density at radius 3 is 2.42 bits per heavy atom. The van der Waals surface area contributed by atoms with E-state index in [1.165, 1.54) is 0 Å². The molecule has 0 aliphatic carbocycles. The van der Waals surface area contributed by atoms with Crippen LogP contribution in [0.5, 0.6) is 5.75 Å². The van der Waals surface area contributed by atoms with Gasteiger partial charge in [0.05, 0.1) is 0 Å². The average molecular weight is 261 g/mol. The molecule has 0 radical (unpaired) electrons. The van der Waals surface area contributed by atoms with E-state index >= 15 is 0 Å². The van der Waals surface area contributed by atoms with E-state index in [1.54, 1.807) is 0 Å². The first-order valence-corrected chi connectivity index (χ1v) is 7.09. The van der Waals surface area contributed by atoms with Gasteiger partial charge in [0.25, 0.3) is 0 Å². The summed E-state index contributed by atoms with van der Waals surface area (Å²) in [5, 5.41) is 0. The minimum Gasteiger partial charge on any atom is -0.492 e. The Morgan fingerprint density at radius 1 is 1.21 bits per heavy atom. The molecule has 3 heteroatoms. The van der Waals surface area contributed by atoms with Crippen molar-refractivity contribution in [3.63, 3.8) is 0 Å². The van der Waals surface area contributed by atoms with Gasteiger partial charge < -0.3 is 9.53 Å². The fourth-order valence-electron chi connectivity index (χ4n) is 3.02. The van der Waals surface area contributed by atoms with Crippen molar-refractivity contribution in [1.29, 1.82) is 0 Å². The van der Waals surface area contributed by atoms with E-state index in [0.29, 0.717) is 18.7 Å². The summed E-state index contributed by atoms with van der Waals surface area (Å²) in [6.45, 7) is 6.02. The number of carbonyl (C=O) groups is 1. The Kier molecular flexibility index (Phi) is 4.97. The van der Waals surface area contributed by atoms with Crippen molar-refractivity contribution in [1.82, 2.24) is 4.90 Å². The van der Waals surface area contributed by atoms with Crippen LogP contribution in [0.25, 0.3) is 0 Å². The summed E-state index contributed by atoms with van der Waals surface area (Å²) in [6, 6.07) is 10.8. The Morgan fingerprint density at radius 2 is 1.84 bits per heavy atom. The number of hydrogen-bond donors (Lipinski definition) is 0. The van der Waals surface area contributed by atoms with Crippen molar-refractivity contribution >= 4 is 6.29 Å². The highest BCUT2D eigenvalue weighted by atomic mass is 16.5. The van der Waals surface area contributed by atoms with E-state index in [4.69, 9.17) is 4.74 Å². The van der Waals surface area contributed by atoms with Gasteiger partial charge in [-0.3, -0.25) is 4.90 Å². The molecule has 0 unspecified atom stereocenters. The highest BCUT2D eigenvalue weighted by molar-refractivity contribution is 5.53. The Balaban J connectivity index is 1.80. The van der Waals surface area contributed by atoms with Gasteiger partial charge in [0, 0.05) is 24.5 Å². The molecular formula is C16H23NO2. The third-order valence-electron chi connectivity index (χ3n) is 3.97. The Labute approximate surface area is 115 Å². The van der Waals surface area contributed by atoms with Gasteiger partial charge in [0.15, 0.2) is 0 Å². The third-order valence-corrected chi connectivity index (χ3v) is 3.97. The first-order chi connectivity index (χ1) is 9.20. The minimum atomic E-state index is 0.233. The number of benzene rings is 1. The molecule has 1 aliphatic rings. The summed E-state index contributed by atoms with van der Waals surface area (Å²) in [5.74, 6) is 1.15. The first-order valence-electron chi connectivity index (χ1n) is 7.09. The molecule has 0 spiro atoms. The second-order valence-electron chi connectivity index (χ2n) is 5.46. The van der Waals surface area contributed by atoms with Crippen LogP contribution in [0.2, 0.25) is 0 Å². The van der Waals surface area contributed by atoms with Crippen LogP contribution in [-0.4, -0.2) is 36.4 Å². The number of rotatable bonds is 5. The molecule has 1 heterocycles. The van der Waals surface area contributed by atoms with Crippen molar-refractivity contribution in [3.05, 3.63) is 30.3 Å². The summed E-state index contributed by atoms with van der Waals surface area (Å²) in [5.41, 5.74) is 0. The van der Waals surface area contributed by atoms with E-state index in [2.05, 4.69) is 18.7 Å². The minimum absolute atomic E-state index is 0.233. The maximum atomic E-state index is 10.9. The Bertz CT molecular complexity index is 381. The SMILES string of the molecule is C[C@H]1CC(C=O)C[C@H](C)N1CCOc1ccccc1. The lowest BCUT2D eigenvalue weighted by Crippen LogP contribution is -2.48. The maximum absolute atomic E-state index is 10.9. The summed E-state index contributed by atoms with van der Waals surface area (Å²) in [6.07, 6.45) is 3.06. The highest BCUT2D eigenvalue weighted by Crippen LogP contribution is 2.26. The quantitative estimate of drug-likeness (QED) is 0.763. The number of likely N-dealkylation sites (tertiary alicyclic amines) is 1. The highest BCUT2D eigenvalue weighted by Gasteiger charge is 2.30. The fourth-order valence-corrected chi connectivity index (χ4v) is 3.02. The molecule has 0 bridgehead atoms. The molecule has 2 rings (SSSR count). The molecule has 1 aliphatic heterocycles.